The van der Waals surface area contributed by atoms with Crippen molar-refractivity contribution >= 4 is 44.0 Å². The lowest BCUT2D eigenvalue weighted by Crippen LogP contribution is -1.89. The SMILES string of the molecule is COc1cc(C)c(Cl)c2sc(Nc3ccccc3)nc12. The van der Waals surface area contributed by atoms with Crippen LogP contribution in [0.2, 0.25) is 5.02 Å². The summed E-state index contributed by atoms with van der Waals surface area (Å²) in [5.74, 6) is 0.749. The first kappa shape index (κ1) is 13.2. The molecule has 2 aromatic carbocycles. The Kier molecular flexibility index (Phi) is 3.51. The average molecular weight is 305 g/mol. The van der Waals surface area contributed by atoms with Crippen LogP contribution in [-0.2, 0) is 0 Å². The lowest BCUT2D eigenvalue weighted by Gasteiger charge is -2.04. The molecule has 0 radical (unpaired) electrons. The van der Waals surface area contributed by atoms with Crippen LogP contribution < -0.4 is 10.1 Å². The molecule has 0 amide bonds. The quantitative estimate of drug-likeness (QED) is 0.738. The summed E-state index contributed by atoms with van der Waals surface area (Å²) in [6.07, 6.45) is 0. The number of aromatic nitrogens is 1. The van der Waals surface area contributed by atoms with Crippen LogP contribution in [0.4, 0.5) is 10.8 Å². The van der Waals surface area contributed by atoms with E-state index in [1.807, 2.05) is 43.3 Å². The van der Waals surface area contributed by atoms with E-state index in [4.69, 9.17) is 16.3 Å². The van der Waals surface area contributed by atoms with E-state index in [0.29, 0.717) is 0 Å². The van der Waals surface area contributed by atoms with Crippen LogP contribution in [-0.4, -0.2) is 12.1 Å². The van der Waals surface area contributed by atoms with Crippen molar-refractivity contribution in [3.63, 3.8) is 0 Å². The monoisotopic (exact) mass is 304 g/mol. The van der Waals surface area contributed by atoms with Gasteiger partial charge in [0.15, 0.2) is 5.13 Å². The van der Waals surface area contributed by atoms with Crippen molar-refractivity contribution in [2.75, 3.05) is 12.4 Å². The molecule has 3 aromatic rings. The zero-order valence-electron chi connectivity index (χ0n) is 11.1. The molecule has 0 unspecified atom stereocenters. The summed E-state index contributed by atoms with van der Waals surface area (Å²) in [6.45, 7) is 1.97. The molecule has 5 heteroatoms. The smallest absolute Gasteiger partial charge is 0.188 e. The van der Waals surface area contributed by atoms with Crippen molar-refractivity contribution in [3.05, 3.63) is 47.0 Å². The number of rotatable bonds is 3. The molecule has 1 heterocycles. The highest BCUT2D eigenvalue weighted by Crippen LogP contribution is 2.40. The number of hydrogen-bond donors (Lipinski definition) is 1. The second kappa shape index (κ2) is 5.31. The minimum Gasteiger partial charge on any atom is -0.494 e. The molecule has 20 heavy (non-hydrogen) atoms. The number of aryl methyl sites for hydroxylation is 1. The highest BCUT2D eigenvalue weighted by molar-refractivity contribution is 7.23. The molecule has 0 fully saturated rings. The number of halogens is 1. The predicted octanol–water partition coefficient (Wildman–Crippen LogP) is 5.01. The van der Waals surface area contributed by atoms with E-state index in [0.717, 1.165) is 37.4 Å². The Morgan fingerprint density at radius 3 is 2.70 bits per heavy atom. The molecule has 0 saturated carbocycles. The minimum absolute atomic E-state index is 0.736. The van der Waals surface area contributed by atoms with Crippen LogP contribution in [0.3, 0.4) is 0 Å². The van der Waals surface area contributed by atoms with E-state index in [-0.39, 0.29) is 0 Å². The maximum absolute atomic E-state index is 6.36. The van der Waals surface area contributed by atoms with Crippen LogP contribution >= 0.6 is 22.9 Å². The van der Waals surface area contributed by atoms with Crippen LogP contribution in [0.25, 0.3) is 10.2 Å². The Hall–Kier alpha value is -1.78. The van der Waals surface area contributed by atoms with E-state index in [1.54, 1.807) is 7.11 Å². The number of benzene rings is 2. The molecule has 3 rings (SSSR count). The van der Waals surface area contributed by atoms with Gasteiger partial charge >= 0.3 is 0 Å². The number of anilines is 2. The summed E-state index contributed by atoms with van der Waals surface area (Å²) in [6, 6.07) is 11.8. The largest absolute Gasteiger partial charge is 0.494 e. The zero-order valence-corrected chi connectivity index (χ0v) is 12.7. The van der Waals surface area contributed by atoms with Crippen molar-refractivity contribution in [3.8, 4) is 5.75 Å². The topological polar surface area (TPSA) is 34.1 Å². The summed E-state index contributed by atoms with van der Waals surface area (Å²) in [5, 5.41) is 4.82. The summed E-state index contributed by atoms with van der Waals surface area (Å²) < 4.78 is 6.33. The lowest BCUT2D eigenvalue weighted by molar-refractivity contribution is 0.419. The lowest BCUT2D eigenvalue weighted by atomic mass is 10.2. The van der Waals surface area contributed by atoms with Crippen LogP contribution in [0.5, 0.6) is 5.75 Å². The Morgan fingerprint density at radius 1 is 1.25 bits per heavy atom. The maximum atomic E-state index is 6.36. The van der Waals surface area contributed by atoms with Gasteiger partial charge in [0.1, 0.15) is 11.3 Å². The fourth-order valence-electron chi connectivity index (χ4n) is 2.00. The molecule has 0 aliphatic heterocycles. The number of fused-ring (bicyclic) bond motifs is 1. The van der Waals surface area contributed by atoms with Gasteiger partial charge in [-0.15, -0.1) is 0 Å². The van der Waals surface area contributed by atoms with Gasteiger partial charge in [0.25, 0.3) is 0 Å². The third-order valence-electron chi connectivity index (χ3n) is 3.00. The van der Waals surface area contributed by atoms with Crippen molar-refractivity contribution < 1.29 is 4.74 Å². The second-order valence-corrected chi connectivity index (χ2v) is 5.77. The van der Waals surface area contributed by atoms with E-state index in [1.165, 1.54) is 11.3 Å². The van der Waals surface area contributed by atoms with Gasteiger partial charge in [-0.05, 0) is 30.7 Å². The van der Waals surface area contributed by atoms with Gasteiger partial charge in [0.05, 0.1) is 16.8 Å². The van der Waals surface area contributed by atoms with Crippen molar-refractivity contribution in [1.82, 2.24) is 4.98 Å². The third kappa shape index (κ3) is 2.32. The Balaban J connectivity index is 2.08. The molecular formula is C15H13ClN2OS. The summed E-state index contributed by atoms with van der Waals surface area (Å²) in [7, 11) is 1.64. The molecular weight excluding hydrogens is 292 g/mol. The summed E-state index contributed by atoms with van der Waals surface area (Å²) in [4.78, 5) is 4.58. The number of nitrogens with zero attached hydrogens (tertiary/aromatic N) is 1. The van der Waals surface area contributed by atoms with Gasteiger partial charge in [-0.1, -0.05) is 41.1 Å². The molecule has 102 valence electrons. The molecule has 0 spiro atoms. The number of methoxy groups -OCH3 is 1. The molecule has 0 aliphatic rings. The normalized spacial score (nSPS) is 10.8. The summed E-state index contributed by atoms with van der Waals surface area (Å²) in [5.41, 5.74) is 2.79. The van der Waals surface area contributed by atoms with Crippen LogP contribution in [0.15, 0.2) is 36.4 Å². The predicted molar refractivity (Wildman–Crippen MR) is 85.6 cm³/mol. The second-order valence-electron chi connectivity index (χ2n) is 4.40. The van der Waals surface area contributed by atoms with Crippen LogP contribution in [0, 0.1) is 6.92 Å². The van der Waals surface area contributed by atoms with Crippen LogP contribution in [0.1, 0.15) is 5.56 Å². The molecule has 0 bridgehead atoms. The van der Waals surface area contributed by atoms with Gasteiger partial charge in [0, 0.05) is 5.69 Å². The van der Waals surface area contributed by atoms with Gasteiger partial charge in [-0.2, -0.15) is 0 Å². The first-order valence-corrected chi connectivity index (χ1v) is 7.34. The van der Waals surface area contributed by atoms with Crippen molar-refractivity contribution in [1.29, 1.82) is 0 Å². The Morgan fingerprint density at radius 2 is 2.00 bits per heavy atom. The minimum atomic E-state index is 0.736. The zero-order chi connectivity index (χ0) is 14.1. The molecule has 0 atom stereocenters. The van der Waals surface area contributed by atoms with Gasteiger partial charge < -0.3 is 10.1 Å². The number of thiazole rings is 1. The maximum Gasteiger partial charge on any atom is 0.188 e. The van der Waals surface area contributed by atoms with Gasteiger partial charge in [-0.25, -0.2) is 4.98 Å². The first-order valence-electron chi connectivity index (χ1n) is 6.14. The van der Waals surface area contributed by atoms with E-state index < -0.39 is 0 Å². The van der Waals surface area contributed by atoms with E-state index in [9.17, 15) is 0 Å². The molecule has 0 saturated heterocycles. The van der Waals surface area contributed by atoms with Gasteiger partial charge in [-0.3, -0.25) is 0 Å². The fourth-order valence-corrected chi connectivity index (χ4v) is 3.25. The number of para-hydroxylation sites is 1. The molecule has 0 aliphatic carbocycles. The standard InChI is InChI=1S/C15H13ClN2OS/c1-9-8-11(19-2)13-14(12(9)16)20-15(18-13)17-10-6-4-3-5-7-10/h3-8H,1-2H3,(H,17,18). The molecule has 3 nitrogen and oxygen atoms in total. The first-order chi connectivity index (χ1) is 9.69. The highest BCUT2D eigenvalue weighted by atomic mass is 35.5. The third-order valence-corrected chi connectivity index (χ3v) is 4.59. The van der Waals surface area contributed by atoms with Gasteiger partial charge in [0.2, 0.25) is 0 Å². The number of ether oxygens (including phenoxy) is 1. The number of hydrogen-bond acceptors (Lipinski definition) is 4. The summed E-state index contributed by atoms with van der Waals surface area (Å²) >= 11 is 7.89. The van der Waals surface area contributed by atoms with E-state index in [2.05, 4.69) is 10.3 Å². The Bertz CT molecular complexity index is 755. The fraction of sp³-hybridized carbons (Fsp3) is 0.133. The van der Waals surface area contributed by atoms with Crippen molar-refractivity contribution in [2.45, 2.75) is 6.92 Å². The highest BCUT2D eigenvalue weighted by Gasteiger charge is 2.14. The van der Waals surface area contributed by atoms with Crippen molar-refractivity contribution in [2.24, 2.45) is 0 Å². The molecule has 1 N–H and O–H groups in total. The Labute approximate surface area is 126 Å². The molecule has 1 aromatic heterocycles. The average Bonchev–Trinajstić information content (AvgIpc) is 2.88. The van der Waals surface area contributed by atoms with E-state index >= 15 is 0 Å². The number of nitrogens with one attached hydrogen (secondary N) is 1.